The van der Waals surface area contributed by atoms with Crippen molar-refractivity contribution in [1.82, 2.24) is 10.2 Å². The molecule has 6 nitrogen and oxygen atoms in total. The van der Waals surface area contributed by atoms with E-state index >= 15 is 0 Å². The summed E-state index contributed by atoms with van der Waals surface area (Å²) in [6.45, 7) is 0.405. The number of aliphatic carboxylic acids is 1. The molecular formula is C11H17F3N2O4. The Labute approximate surface area is 113 Å². The van der Waals surface area contributed by atoms with Gasteiger partial charge in [-0.05, 0) is 19.8 Å². The van der Waals surface area contributed by atoms with Crippen molar-refractivity contribution in [2.45, 2.75) is 31.5 Å². The second-order valence-electron chi connectivity index (χ2n) is 5.04. The number of carbonyl (C=O) groups is 2. The molecule has 1 atom stereocenters. The van der Waals surface area contributed by atoms with Gasteiger partial charge in [-0.15, -0.1) is 0 Å². The number of piperidine rings is 1. The van der Waals surface area contributed by atoms with E-state index < -0.39 is 36.2 Å². The summed E-state index contributed by atoms with van der Waals surface area (Å²) in [6, 6.07) is -0.674. The smallest absolute Gasteiger partial charge is 0.391 e. The molecule has 20 heavy (non-hydrogen) atoms. The number of carboxylic acids is 1. The predicted octanol–water partition coefficient (Wildman–Crippen LogP) is 0.806. The molecule has 0 aromatic heterocycles. The molecule has 1 heterocycles. The normalized spacial score (nSPS) is 20.4. The Bertz CT molecular complexity index is 376. The highest BCUT2D eigenvalue weighted by molar-refractivity contribution is 5.79. The summed E-state index contributed by atoms with van der Waals surface area (Å²) in [5, 5.41) is 20.3. The third-order valence-electron chi connectivity index (χ3n) is 3.29. The lowest BCUT2D eigenvalue weighted by atomic mass is 9.96. The summed E-state index contributed by atoms with van der Waals surface area (Å²) < 4.78 is 37.3. The third-order valence-corrected chi connectivity index (χ3v) is 3.29. The number of carbonyl (C=O) groups excluding carboxylic acids is 1. The van der Waals surface area contributed by atoms with Crippen LogP contribution < -0.4 is 5.32 Å². The number of aliphatic hydroxyl groups is 1. The summed E-state index contributed by atoms with van der Waals surface area (Å²) in [5.41, 5.74) is -2.11. The highest BCUT2D eigenvalue weighted by Gasteiger charge is 2.42. The molecule has 1 unspecified atom stereocenters. The zero-order chi connectivity index (χ0) is 15.6. The van der Waals surface area contributed by atoms with Crippen LogP contribution in [0, 0.1) is 5.92 Å². The molecule has 0 aromatic rings. The van der Waals surface area contributed by atoms with Crippen molar-refractivity contribution in [2.24, 2.45) is 5.92 Å². The number of hydrogen-bond acceptors (Lipinski definition) is 3. The molecule has 2 amide bonds. The van der Waals surface area contributed by atoms with Crippen molar-refractivity contribution in [1.29, 1.82) is 0 Å². The van der Waals surface area contributed by atoms with Crippen molar-refractivity contribution in [3.05, 3.63) is 0 Å². The molecule has 0 saturated carbocycles. The summed E-state index contributed by atoms with van der Waals surface area (Å²) in [5.74, 6) is -2.90. The van der Waals surface area contributed by atoms with E-state index in [1.54, 1.807) is 0 Å². The summed E-state index contributed by atoms with van der Waals surface area (Å²) in [6.07, 6.45) is -4.60. The topological polar surface area (TPSA) is 89.9 Å². The second kappa shape index (κ2) is 5.86. The fourth-order valence-corrected chi connectivity index (χ4v) is 1.85. The number of nitrogens with zero attached hydrogens (tertiary/aromatic N) is 1. The van der Waals surface area contributed by atoms with Crippen LogP contribution in [-0.4, -0.2) is 58.5 Å². The Morgan fingerprint density at radius 3 is 2.20 bits per heavy atom. The summed E-state index contributed by atoms with van der Waals surface area (Å²) in [7, 11) is 0. The number of likely N-dealkylation sites (tertiary alicyclic amines) is 1. The van der Waals surface area contributed by atoms with Gasteiger partial charge in [-0.3, -0.25) is 0 Å². The summed E-state index contributed by atoms with van der Waals surface area (Å²) >= 11 is 0. The molecule has 0 radical (unpaired) electrons. The first kappa shape index (κ1) is 16.5. The maximum Gasteiger partial charge on any atom is 0.391 e. The van der Waals surface area contributed by atoms with Crippen LogP contribution in [0.1, 0.15) is 19.8 Å². The highest BCUT2D eigenvalue weighted by atomic mass is 19.4. The standard InChI is InChI=1S/C11H17F3N2O4/c1-10(20,8(17)18)6-15-9(19)16-4-2-7(3-5-16)11(12,13)14/h7,20H,2-6H2,1H3,(H,15,19)(H,17,18). The van der Waals surface area contributed by atoms with Gasteiger partial charge in [-0.1, -0.05) is 0 Å². The fraction of sp³-hybridized carbons (Fsp3) is 0.818. The molecule has 0 bridgehead atoms. The predicted molar refractivity (Wildman–Crippen MR) is 62.0 cm³/mol. The van der Waals surface area contributed by atoms with Crippen LogP contribution in [-0.2, 0) is 4.79 Å². The number of alkyl halides is 3. The summed E-state index contributed by atoms with van der Waals surface area (Å²) in [4.78, 5) is 23.5. The van der Waals surface area contributed by atoms with E-state index in [9.17, 15) is 27.9 Å². The number of rotatable bonds is 3. The largest absolute Gasteiger partial charge is 0.479 e. The van der Waals surface area contributed by atoms with Gasteiger partial charge in [0.15, 0.2) is 5.60 Å². The van der Waals surface area contributed by atoms with Crippen LogP contribution in [0.5, 0.6) is 0 Å². The number of urea groups is 1. The number of amides is 2. The second-order valence-corrected chi connectivity index (χ2v) is 5.04. The van der Waals surface area contributed by atoms with Crippen LogP contribution >= 0.6 is 0 Å². The Hall–Kier alpha value is -1.51. The lowest BCUT2D eigenvalue weighted by Crippen LogP contribution is -2.52. The molecule has 0 aliphatic carbocycles. The monoisotopic (exact) mass is 298 g/mol. The number of nitrogens with one attached hydrogen (secondary N) is 1. The van der Waals surface area contributed by atoms with Gasteiger partial charge in [-0.25, -0.2) is 9.59 Å². The first-order valence-electron chi connectivity index (χ1n) is 6.09. The van der Waals surface area contributed by atoms with E-state index in [4.69, 9.17) is 5.11 Å². The van der Waals surface area contributed by atoms with Crippen LogP contribution in [0.4, 0.5) is 18.0 Å². The Balaban J connectivity index is 2.42. The van der Waals surface area contributed by atoms with Gasteiger partial charge in [0.2, 0.25) is 0 Å². The highest BCUT2D eigenvalue weighted by Crippen LogP contribution is 2.33. The van der Waals surface area contributed by atoms with E-state index in [2.05, 4.69) is 5.32 Å². The molecule has 1 aliphatic rings. The van der Waals surface area contributed by atoms with E-state index in [1.807, 2.05) is 0 Å². The molecule has 3 N–H and O–H groups in total. The average Bonchev–Trinajstić information content (AvgIpc) is 2.35. The van der Waals surface area contributed by atoms with Gasteiger partial charge in [0.25, 0.3) is 0 Å². The first-order valence-corrected chi connectivity index (χ1v) is 6.09. The molecule has 9 heteroatoms. The minimum atomic E-state index is -4.25. The van der Waals surface area contributed by atoms with Crippen LogP contribution in [0.2, 0.25) is 0 Å². The van der Waals surface area contributed by atoms with Crippen molar-refractivity contribution in [3.63, 3.8) is 0 Å². The molecular weight excluding hydrogens is 281 g/mol. The van der Waals surface area contributed by atoms with Crippen molar-refractivity contribution >= 4 is 12.0 Å². The SMILES string of the molecule is CC(O)(CNC(=O)N1CCC(C(F)(F)F)CC1)C(=O)O. The molecule has 1 fully saturated rings. The fourth-order valence-electron chi connectivity index (χ4n) is 1.85. The molecule has 1 saturated heterocycles. The quantitative estimate of drug-likeness (QED) is 0.719. The maximum absolute atomic E-state index is 12.4. The lowest BCUT2D eigenvalue weighted by molar-refractivity contribution is -0.183. The van der Waals surface area contributed by atoms with E-state index in [1.165, 1.54) is 4.90 Å². The van der Waals surface area contributed by atoms with E-state index in [-0.39, 0.29) is 25.9 Å². The molecule has 1 aliphatic heterocycles. The molecule has 0 aromatic carbocycles. The Kier molecular flexibility index (Phi) is 4.85. The van der Waals surface area contributed by atoms with Crippen LogP contribution in [0.15, 0.2) is 0 Å². The third kappa shape index (κ3) is 4.26. The minimum Gasteiger partial charge on any atom is -0.479 e. The number of hydrogen-bond donors (Lipinski definition) is 3. The lowest BCUT2D eigenvalue weighted by Gasteiger charge is -2.33. The van der Waals surface area contributed by atoms with Crippen molar-refractivity contribution in [3.8, 4) is 0 Å². The Morgan fingerprint density at radius 1 is 1.30 bits per heavy atom. The number of halogens is 3. The number of carboxylic acid groups (broad SMARTS) is 1. The van der Waals surface area contributed by atoms with Gasteiger partial charge in [0, 0.05) is 13.1 Å². The zero-order valence-electron chi connectivity index (χ0n) is 10.9. The molecule has 1 rings (SSSR count). The van der Waals surface area contributed by atoms with Gasteiger partial charge < -0.3 is 20.4 Å². The minimum absolute atomic E-state index is 0.0504. The average molecular weight is 298 g/mol. The van der Waals surface area contributed by atoms with E-state index in [0.29, 0.717) is 0 Å². The van der Waals surface area contributed by atoms with Gasteiger partial charge in [0.1, 0.15) is 0 Å². The Morgan fingerprint density at radius 2 is 1.80 bits per heavy atom. The van der Waals surface area contributed by atoms with Gasteiger partial charge >= 0.3 is 18.2 Å². The molecule has 116 valence electrons. The van der Waals surface area contributed by atoms with Crippen molar-refractivity contribution < 1.29 is 33.0 Å². The first-order chi connectivity index (χ1) is 9.04. The van der Waals surface area contributed by atoms with Gasteiger partial charge in [0.05, 0.1) is 12.5 Å². The van der Waals surface area contributed by atoms with E-state index in [0.717, 1.165) is 6.92 Å². The van der Waals surface area contributed by atoms with Crippen molar-refractivity contribution in [2.75, 3.05) is 19.6 Å². The maximum atomic E-state index is 12.4. The zero-order valence-corrected chi connectivity index (χ0v) is 10.9. The van der Waals surface area contributed by atoms with Crippen LogP contribution in [0.25, 0.3) is 0 Å². The van der Waals surface area contributed by atoms with Crippen LogP contribution in [0.3, 0.4) is 0 Å². The molecule has 0 spiro atoms. The van der Waals surface area contributed by atoms with Gasteiger partial charge in [-0.2, -0.15) is 13.2 Å².